The summed E-state index contributed by atoms with van der Waals surface area (Å²) in [5.41, 5.74) is 4.94. The second kappa shape index (κ2) is 6.38. The number of sulfonamides is 1. The smallest absolute Gasteiger partial charge is 0.241 e. The maximum Gasteiger partial charge on any atom is 0.241 e. The first-order valence-corrected chi connectivity index (χ1v) is 9.20. The molecule has 2 rings (SSSR count). The third-order valence-corrected chi connectivity index (χ3v) is 6.00. The Morgan fingerprint density at radius 3 is 2.14 bits per heavy atom. The molecule has 116 valence electrons. The van der Waals surface area contributed by atoms with Crippen molar-refractivity contribution in [1.29, 1.82) is 0 Å². The Morgan fingerprint density at radius 2 is 1.67 bits per heavy atom. The van der Waals surface area contributed by atoms with Gasteiger partial charge in [-0.05, 0) is 31.0 Å². The van der Waals surface area contributed by atoms with Crippen LogP contribution in [0.1, 0.15) is 32.1 Å². The van der Waals surface area contributed by atoms with Gasteiger partial charge in [-0.1, -0.05) is 54.7 Å². The number of nitrogens with two attached hydrogens (primary N) is 1. The van der Waals surface area contributed by atoms with Gasteiger partial charge < -0.3 is 5.73 Å². The summed E-state index contributed by atoms with van der Waals surface area (Å²) in [5.74, 6) is 0. The Labute approximate surface area is 140 Å². The Morgan fingerprint density at radius 1 is 1.14 bits per heavy atom. The number of nitrogens with one attached hydrogen (secondary N) is 1. The number of benzene rings is 1. The predicted molar refractivity (Wildman–Crippen MR) is 89.4 cm³/mol. The van der Waals surface area contributed by atoms with E-state index in [1.54, 1.807) is 0 Å². The molecule has 0 aliphatic heterocycles. The van der Waals surface area contributed by atoms with Gasteiger partial charge in [0, 0.05) is 10.0 Å². The largest absolute Gasteiger partial charge is 0.392 e. The van der Waals surface area contributed by atoms with Gasteiger partial charge in [0.1, 0.15) is 0 Å². The fourth-order valence-electron chi connectivity index (χ4n) is 2.55. The van der Waals surface area contributed by atoms with Crippen molar-refractivity contribution in [1.82, 2.24) is 4.72 Å². The molecule has 1 aliphatic carbocycles. The van der Waals surface area contributed by atoms with E-state index < -0.39 is 15.6 Å². The second-order valence-electron chi connectivity index (χ2n) is 5.22. The summed E-state index contributed by atoms with van der Waals surface area (Å²) in [6.45, 7) is 0. The molecule has 1 saturated carbocycles. The number of halogens is 2. The van der Waals surface area contributed by atoms with Crippen LogP contribution in [-0.4, -0.2) is 18.9 Å². The van der Waals surface area contributed by atoms with Crippen molar-refractivity contribution in [3.05, 3.63) is 28.2 Å². The monoisotopic (exact) mass is 366 g/mol. The number of hydrogen-bond acceptors (Lipinski definition) is 3. The topological polar surface area (TPSA) is 72.2 Å². The lowest BCUT2D eigenvalue weighted by atomic mass is 9.82. The summed E-state index contributed by atoms with van der Waals surface area (Å²) >= 11 is 16.8. The van der Waals surface area contributed by atoms with Crippen molar-refractivity contribution >= 4 is 50.4 Å². The fourth-order valence-corrected chi connectivity index (χ4v) is 5.04. The second-order valence-corrected chi connectivity index (χ2v) is 8.21. The third-order valence-electron chi connectivity index (χ3n) is 3.65. The minimum absolute atomic E-state index is 0.0150. The van der Waals surface area contributed by atoms with E-state index in [4.69, 9.17) is 41.2 Å². The summed E-state index contributed by atoms with van der Waals surface area (Å²) in [6.07, 6.45) is 4.03. The first-order valence-electron chi connectivity index (χ1n) is 6.55. The average molecular weight is 367 g/mol. The Kier molecular flexibility index (Phi) is 5.15. The van der Waals surface area contributed by atoms with E-state index in [0.717, 1.165) is 19.3 Å². The van der Waals surface area contributed by atoms with Crippen LogP contribution < -0.4 is 10.5 Å². The predicted octanol–water partition coefficient (Wildman–Crippen LogP) is 3.26. The number of hydrogen-bond donors (Lipinski definition) is 2. The molecule has 1 fully saturated rings. The van der Waals surface area contributed by atoms with E-state index in [0.29, 0.717) is 12.8 Å². The highest BCUT2D eigenvalue weighted by Crippen LogP contribution is 2.31. The van der Waals surface area contributed by atoms with Gasteiger partial charge in [0.05, 0.1) is 15.4 Å². The van der Waals surface area contributed by atoms with Crippen LogP contribution >= 0.6 is 35.4 Å². The number of thiocarbonyl (C=S) groups is 1. The molecule has 0 aromatic heterocycles. The van der Waals surface area contributed by atoms with Crippen molar-refractivity contribution < 1.29 is 8.42 Å². The quantitative estimate of drug-likeness (QED) is 0.802. The van der Waals surface area contributed by atoms with Crippen molar-refractivity contribution in [2.24, 2.45) is 5.73 Å². The maximum absolute atomic E-state index is 12.6. The number of rotatable bonds is 4. The van der Waals surface area contributed by atoms with Crippen LogP contribution in [0.15, 0.2) is 23.1 Å². The maximum atomic E-state index is 12.6. The normalized spacial score (nSPS) is 18.4. The van der Waals surface area contributed by atoms with Crippen LogP contribution in [0.2, 0.25) is 10.0 Å². The van der Waals surface area contributed by atoms with E-state index in [1.807, 2.05) is 0 Å². The zero-order valence-electron chi connectivity index (χ0n) is 11.2. The summed E-state index contributed by atoms with van der Waals surface area (Å²) in [5, 5.41) is 0.520. The molecule has 1 aliphatic rings. The SMILES string of the molecule is NC(=S)C1(NS(=O)(=O)c2cc(Cl)cc(Cl)c2)CCCCC1. The van der Waals surface area contributed by atoms with Crippen molar-refractivity contribution in [3.63, 3.8) is 0 Å². The molecule has 0 heterocycles. The lowest BCUT2D eigenvalue weighted by Crippen LogP contribution is -2.57. The van der Waals surface area contributed by atoms with E-state index in [1.165, 1.54) is 18.2 Å². The Bertz CT molecular complexity index is 636. The molecule has 1 aromatic carbocycles. The van der Waals surface area contributed by atoms with Crippen molar-refractivity contribution in [2.75, 3.05) is 0 Å². The minimum atomic E-state index is -3.79. The highest BCUT2D eigenvalue weighted by atomic mass is 35.5. The molecule has 0 spiro atoms. The van der Waals surface area contributed by atoms with Gasteiger partial charge in [-0.2, -0.15) is 4.72 Å². The van der Waals surface area contributed by atoms with Crippen LogP contribution in [-0.2, 0) is 10.0 Å². The molecule has 0 radical (unpaired) electrons. The molecule has 0 saturated heterocycles. The molecule has 0 atom stereocenters. The summed E-state index contributed by atoms with van der Waals surface area (Å²) in [6, 6.07) is 4.18. The lowest BCUT2D eigenvalue weighted by Gasteiger charge is -2.36. The van der Waals surface area contributed by atoms with Crippen LogP contribution in [0.3, 0.4) is 0 Å². The van der Waals surface area contributed by atoms with E-state index >= 15 is 0 Å². The molecule has 0 bridgehead atoms. The van der Waals surface area contributed by atoms with Gasteiger partial charge >= 0.3 is 0 Å². The first kappa shape index (κ1) is 17.0. The molecule has 0 amide bonds. The third kappa shape index (κ3) is 3.87. The molecule has 4 nitrogen and oxygen atoms in total. The Hall–Kier alpha value is -0.400. The summed E-state index contributed by atoms with van der Waals surface area (Å²) in [4.78, 5) is 0.195. The molecular weight excluding hydrogens is 351 g/mol. The first-order chi connectivity index (χ1) is 9.75. The van der Waals surface area contributed by atoms with Crippen LogP contribution in [0, 0.1) is 0 Å². The molecule has 1 aromatic rings. The average Bonchev–Trinajstić information content (AvgIpc) is 2.38. The van der Waals surface area contributed by atoms with Gasteiger partial charge in [-0.3, -0.25) is 0 Å². The minimum Gasteiger partial charge on any atom is -0.392 e. The van der Waals surface area contributed by atoms with Gasteiger partial charge in [-0.15, -0.1) is 0 Å². The van der Waals surface area contributed by atoms with Crippen LogP contribution in [0.5, 0.6) is 0 Å². The van der Waals surface area contributed by atoms with Gasteiger partial charge in [-0.25, -0.2) is 8.42 Å². The van der Waals surface area contributed by atoms with Gasteiger partial charge in [0.15, 0.2) is 0 Å². The summed E-state index contributed by atoms with van der Waals surface area (Å²) < 4.78 is 27.8. The molecule has 21 heavy (non-hydrogen) atoms. The molecule has 3 N–H and O–H groups in total. The van der Waals surface area contributed by atoms with Crippen LogP contribution in [0.4, 0.5) is 0 Å². The highest BCUT2D eigenvalue weighted by Gasteiger charge is 2.39. The fraction of sp³-hybridized carbons (Fsp3) is 0.462. The van der Waals surface area contributed by atoms with E-state index in [9.17, 15) is 8.42 Å². The van der Waals surface area contributed by atoms with Crippen LogP contribution in [0.25, 0.3) is 0 Å². The van der Waals surface area contributed by atoms with Gasteiger partial charge in [0.2, 0.25) is 10.0 Å². The lowest BCUT2D eigenvalue weighted by molar-refractivity contribution is 0.353. The van der Waals surface area contributed by atoms with Crippen molar-refractivity contribution in [3.8, 4) is 0 Å². The highest BCUT2D eigenvalue weighted by molar-refractivity contribution is 7.89. The molecular formula is C13H16Cl2N2O2S2. The van der Waals surface area contributed by atoms with Gasteiger partial charge in [0.25, 0.3) is 0 Å². The van der Waals surface area contributed by atoms with E-state index in [-0.39, 0.29) is 19.9 Å². The zero-order chi connectivity index (χ0) is 15.7. The molecule has 8 heteroatoms. The van der Waals surface area contributed by atoms with E-state index in [2.05, 4.69) is 4.72 Å². The Balaban J connectivity index is 2.37. The molecule has 0 unspecified atom stereocenters. The standard InChI is InChI=1S/C13H16Cl2N2O2S2/c14-9-6-10(15)8-11(7-9)21(18,19)17-13(12(16)20)4-2-1-3-5-13/h6-8,17H,1-5H2,(H2,16,20). The zero-order valence-corrected chi connectivity index (χ0v) is 14.4. The van der Waals surface area contributed by atoms with Crippen molar-refractivity contribution in [2.45, 2.75) is 42.5 Å². The summed E-state index contributed by atoms with van der Waals surface area (Å²) in [7, 11) is -3.79.